The number of allylic oxidation sites excluding steroid dienone is 2. The summed E-state index contributed by atoms with van der Waals surface area (Å²) in [6.45, 7) is 5.65. The molecule has 5 heteroatoms. The Morgan fingerprint density at radius 3 is 2.57 bits per heavy atom. The Morgan fingerprint density at radius 2 is 2.05 bits per heavy atom. The minimum atomic E-state index is -0.689. The van der Waals surface area contributed by atoms with E-state index in [4.69, 9.17) is 11.5 Å². The molecule has 1 atom stereocenters. The normalized spacial score (nSPS) is 13.1. The molecule has 1 aromatic rings. The average Bonchev–Trinajstić information content (AvgIpc) is 2.38. The molecule has 2 amide bonds. The highest BCUT2D eigenvalue weighted by Crippen LogP contribution is 2.22. The Balaban J connectivity index is 2.82. The van der Waals surface area contributed by atoms with Crippen molar-refractivity contribution in [2.24, 2.45) is 11.5 Å². The van der Waals surface area contributed by atoms with E-state index in [2.05, 4.69) is 11.9 Å². The van der Waals surface area contributed by atoms with Crippen molar-refractivity contribution in [2.45, 2.75) is 19.4 Å². The van der Waals surface area contributed by atoms with Crippen LogP contribution in [0.4, 0.5) is 4.79 Å². The fourth-order valence-corrected chi connectivity index (χ4v) is 1.85. The third-order valence-electron chi connectivity index (χ3n) is 2.84. The van der Waals surface area contributed by atoms with Crippen LogP contribution in [0.25, 0.3) is 0 Å². The molecule has 0 aliphatic heterocycles. The Hall–Kier alpha value is -2.53. The smallest absolute Gasteiger partial charge is 0.316 e. The highest BCUT2D eigenvalue weighted by molar-refractivity contribution is 5.74. The van der Waals surface area contributed by atoms with Gasteiger partial charge in [-0.05, 0) is 36.4 Å². The van der Waals surface area contributed by atoms with Crippen molar-refractivity contribution in [3.63, 3.8) is 0 Å². The first-order valence-corrected chi connectivity index (χ1v) is 6.51. The van der Waals surface area contributed by atoms with Gasteiger partial charge in [0.2, 0.25) is 0 Å². The van der Waals surface area contributed by atoms with Gasteiger partial charge in [-0.3, -0.25) is 0 Å². The van der Waals surface area contributed by atoms with Gasteiger partial charge >= 0.3 is 6.03 Å². The minimum Gasteiger partial charge on any atom is -0.405 e. The lowest BCUT2D eigenvalue weighted by Gasteiger charge is -2.13. The van der Waals surface area contributed by atoms with Crippen LogP contribution >= 0.6 is 0 Å². The summed E-state index contributed by atoms with van der Waals surface area (Å²) in [5.74, 6) is 0. The number of carbonyl (C=O) groups is 1. The van der Waals surface area contributed by atoms with Crippen LogP contribution in [0.2, 0.25) is 0 Å². The van der Waals surface area contributed by atoms with E-state index in [9.17, 15) is 9.90 Å². The van der Waals surface area contributed by atoms with Crippen LogP contribution in [0.1, 0.15) is 23.7 Å². The Bertz CT molecular complexity index is 559. The molecule has 0 saturated heterocycles. The van der Waals surface area contributed by atoms with E-state index in [1.807, 2.05) is 31.2 Å². The number of aliphatic hydroxyl groups is 1. The molecule has 0 aliphatic rings. The lowest BCUT2D eigenvalue weighted by atomic mass is 10.00. The number of rotatable bonds is 6. The van der Waals surface area contributed by atoms with E-state index in [1.54, 1.807) is 12.2 Å². The predicted molar refractivity (Wildman–Crippen MR) is 84.0 cm³/mol. The molecule has 0 saturated carbocycles. The first-order valence-electron chi connectivity index (χ1n) is 6.51. The Morgan fingerprint density at radius 1 is 1.43 bits per heavy atom. The van der Waals surface area contributed by atoms with E-state index in [1.165, 1.54) is 6.20 Å². The molecule has 112 valence electrons. The first-order chi connectivity index (χ1) is 9.92. The van der Waals surface area contributed by atoms with Crippen LogP contribution in [0.5, 0.6) is 0 Å². The number of primary amides is 1. The second-order valence-electron chi connectivity index (χ2n) is 4.72. The number of hydrogen-bond acceptors (Lipinski definition) is 3. The minimum absolute atomic E-state index is 0.340. The van der Waals surface area contributed by atoms with Gasteiger partial charge in [-0.25, -0.2) is 4.79 Å². The second kappa shape index (κ2) is 7.91. The lowest BCUT2D eigenvalue weighted by Crippen LogP contribution is -2.27. The first kappa shape index (κ1) is 16.5. The number of urea groups is 1. The second-order valence-corrected chi connectivity index (χ2v) is 4.72. The van der Waals surface area contributed by atoms with Gasteiger partial charge in [0.25, 0.3) is 0 Å². The zero-order valence-electron chi connectivity index (χ0n) is 12.0. The molecule has 1 rings (SSSR count). The maximum absolute atomic E-state index is 10.8. The van der Waals surface area contributed by atoms with Crippen molar-refractivity contribution in [1.29, 1.82) is 0 Å². The summed E-state index contributed by atoms with van der Waals surface area (Å²) >= 11 is 0. The molecule has 21 heavy (non-hydrogen) atoms. The van der Waals surface area contributed by atoms with E-state index in [0.717, 1.165) is 16.7 Å². The average molecular weight is 287 g/mol. The topological polar surface area (TPSA) is 101 Å². The van der Waals surface area contributed by atoms with Gasteiger partial charge in [0, 0.05) is 12.1 Å². The monoisotopic (exact) mass is 287 g/mol. The van der Waals surface area contributed by atoms with Gasteiger partial charge in [0.15, 0.2) is 0 Å². The maximum atomic E-state index is 10.8. The van der Waals surface area contributed by atoms with E-state index in [0.29, 0.717) is 12.1 Å². The molecule has 0 radical (unpaired) electrons. The van der Waals surface area contributed by atoms with E-state index < -0.39 is 12.1 Å². The summed E-state index contributed by atoms with van der Waals surface area (Å²) in [6.07, 6.45) is 4.30. The number of amides is 2. The third kappa shape index (κ3) is 5.97. The van der Waals surface area contributed by atoms with Gasteiger partial charge in [-0.1, -0.05) is 36.4 Å². The standard InChI is InChI=1S/C16H21N3O2/c1-11-3-5-14(6-4-11)15(20)10-13(7-8-17)9-12(2)19-16(18)21/h3-9,15,20H,2,10,17H2,1H3,(H3,18,19,21)/b8-7-,13-9+. The third-order valence-corrected chi connectivity index (χ3v) is 2.84. The molecule has 5 nitrogen and oxygen atoms in total. The summed E-state index contributed by atoms with van der Waals surface area (Å²) in [5, 5.41) is 12.6. The Labute approximate surface area is 124 Å². The van der Waals surface area contributed by atoms with Gasteiger partial charge in [0.05, 0.1) is 6.10 Å². The van der Waals surface area contributed by atoms with Gasteiger partial charge < -0.3 is 21.9 Å². The van der Waals surface area contributed by atoms with Crippen LogP contribution in [-0.4, -0.2) is 11.1 Å². The van der Waals surface area contributed by atoms with Crippen molar-refractivity contribution in [3.05, 3.63) is 71.6 Å². The number of hydrogen-bond donors (Lipinski definition) is 4. The van der Waals surface area contributed by atoms with Gasteiger partial charge in [-0.2, -0.15) is 0 Å². The van der Waals surface area contributed by atoms with Crippen LogP contribution in [0, 0.1) is 6.92 Å². The van der Waals surface area contributed by atoms with E-state index in [-0.39, 0.29) is 0 Å². The molecule has 1 unspecified atom stereocenters. The molecule has 0 spiro atoms. The number of benzene rings is 1. The molecule has 1 aromatic carbocycles. The summed E-state index contributed by atoms with van der Waals surface area (Å²) in [6, 6.07) is 6.94. The number of aliphatic hydroxyl groups excluding tert-OH is 1. The number of aryl methyl sites for hydroxylation is 1. The van der Waals surface area contributed by atoms with Crippen molar-refractivity contribution >= 4 is 6.03 Å². The van der Waals surface area contributed by atoms with Crippen LogP contribution in [-0.2, 0) is 0 Å². The summed E-state index contributed by atoms with van der Waals surface area (Å²) < 4.78 is 0. The molecular weight excluding hydrogens is 266 g/mol. The van der Waals surface area contributed by atoms with Crippen molar-refractivity contribution in [3.8, 4) is 0 Å². The summed E-state index contributed by atoms with van der Waals surface area (Å²) in [7, 11) is 0. The summed E-state index contributed by atoms with van der Waals surface area (Å²) in [5.41, 5.74) is 13.4. The van der Waals surface area contributed by atoms with Gasteiger partial charge in [0.1, 0.15) is 0 Å². The fraction of sp³-hybridized carbons (Fsp3) is 0.188. The molecule has 0 heterocycles. The molecular formula is C16H21N3O2. The largest absolute Gasteiger partial charge is 0.405 e. The Kier molecular flexibility index (Phi) is 6.23. The molecule has 0 fully saturated rings. The molecule has 0 bridgehead atoms. The quantitative estimate of drug-likeness (QED) is 0.602. The van der Waals surface area contributed by atoms with Crippen molar-refractivity contribution < 1.29 is 9.90 Å². The highest BCUT2D eigenvalue weighted by Gasteiger charge is 2.09. The molecule has 0 aliphatic carbocycles. The van der Waals surface area contributed by atoms with Gasteiger partial charge in [-0.15, -0.1) is 0 Å². The highest BCUT2D eigenvalue weighted by atomic mass is 16.3. The zero-order chi connectivity index (χ0) is 15.8. The number of carbonyl (C=O) groups excluding carboxylic acids is 1. The van der Waals surface area contributed by atoms with Crippen LogP contribution in [0.3, 0.4) is 0 Å². The summed E-state index contributed by atoms with van der Waals surface area (Å²) in [4.78, 5) is 10.8. The zero-order valence-corrected chi connectivity index (χ0v) is 12.0. The molecule has 6 N–H and O–H groups in total. The predicted octanol–water partition coefficient (Wildman–Crippen LogP) is 2.00. The van der Waals surface area contributed by atoms with Crippen molar-refractivity contribution in [1.82, 2.24) is 5.32 Å². The van der Waals surface area contributed by atoms with Crippen LogP contribution < -0.4 is 16.8 Å². The lowest BCUT2D eigenvalue weighted by molar-refractivity contribution is 0.179. The maximum Gasteiger partial charge on any atom is 0.316 e. The molecule has 0 aromatic heterocycles. The number of nitrogens with two attached hydrogens (primary N) is 2. The van der Waals surface area contributed by atoms with E-state index >= 15 is 0 Å². The SMILES string of the molecule is C=C(/C=C(\C=C/N)CC(O)c1ccc(C)cc1)NC(N)=O. The van der Waals surface area contributed by atoms with Crippen LogP contribution in [0.15, 0.2) is 60.5 Å². The fourth-order valence-electron chi connectivity index (χ4n) is 1.85. The number of nitrogens with one attached hydrogen (secondary N) is 1. The van der Waals surface area contributed by atoms with Crippen molar-refractivity contribution in [2.75, 3.05) is 0 Å².